The molecule has 1 N–H and O–H groups in total. The minimum Gasteiger partial charge on any atom is -0.496 e. The summed E-state index contributed by atoms with van der Waals surface area (Å²) >= 11 is 1.44. The minimum absolute atomic E-state index is 0.0780. The van der Waals surface area contributed by atoms with Crippen molar-refractivity contribution in [2.24, 2.45) is 0 Å². The molecule has 3 aromatic carbocycles. The van der Waals surface area contributed by atoms with Crippen LogP contribution in [0.15, 0.2) is 84.0 Å². The van der Waals surface area contributed by atoms with Crippen LogP contribution in [0.25, 0.3) is 0 Å². The Morgan fingerprint density at radius 2 is 1.69 bits per heavy atom. The highest BCUT2D eigenvalue weighted by molar-refractivity contribution is 7.98. The van der Waals surface area contributed by atoms with E-state index in [9.17, 15) is 9.18 Å². The van der Waals surface area contributed by atoms with Gasteiger partial charge in [-0.1, -0.05) is 78.5 Å². The van der Waals surface area contributed by atoms with E-state index in [0.29, 0.717) is 36.0 Å². The molecule has 8 heteroatoms. The third-order valence-electron chi connectivity index (χ3n) is 5.54. The van der Waals surface area contributed by atoms with Gasteiger partial charge in [-0.05, 0) is 23.3 Å². The number of ether oxygens (including phenoxy) is 1. The maximum Gasteiger partial charge on any atom is 0.220 e. The van der Waals surface area contributed by atoms with Crippen LogP contribution in [0.4, 0.5) is 4.39 Å². The Bertz CT molecular complexity index is 1260. The highest BCUT2D eigenvalue weighted by Crippen LogP contribution is 2.25. The number of aromatic nitrogens is 3. The second-order valence-electron chi connectivity index (χ2n) is 7.94. The predicted octanol–water partition coefficient (Wildman–Crippen LogP) is 5.02. The molecule has 0 atom stereocenters. The Labute approximate surface area is 208 Å². The summed E-state index contributed by atoms with van der Waals surface area (Å²) in [4.78, 5) is 12.6. The number of methoxy groups -OCH3 is 1. The molecule has 180 valence electrons. The fourth-order valence-corrected chi connectivity index (χ4v) is 4.59. The number of aryl methyl sites for hydroxylation is 1. The number of carbonyl (C=O) groups is 1. The first-order chi connectivity index (χ1) is 17.1. The van der Waals surface area contributed by atoms with Gasteiger partial charge in [-0.3, -0.25) is 4.79 Å². The average molecular weight is 491 g/mol. The van der Waals surface area contributed by atoms with Crippen molar-refractivity contribution >= 4 is 17.7 Å². The van der Waals surface area contributed by atoms with E-state index in [0.717, 1.165) is 22.7 Å². The summed E-state index contributed by atoms with van der Waals surface area (Å²) in [5, 5.41) is 12.4. The van der Waals surface area contributed by atoms with Gasteiger partial charge in [0.1, 0.15) is 17.4 Å². The summed E-state index contributed by atoms with van der Waals surface area (Å²) in [5.74, 6) is 1.59. The molecular weight excluding hydrogens is 463 g/mol. The predicted molar refractivity (Wildman–Crippen MR) is 135 cm³/mol. The molecule has 0 aliphatic carbocycles. The molecule has 1 heterocycles. The molecule has 4 rings (SSSR count). The van der Waals surface area contributed by atoms with Gasteiger partial charge in [0.15, 0.2) is 5.16 Å². The van der Waals surface area contributed by atoms with E-state index in [1.54, 1.807) is 19.2 Å². The van der Waals surface area contributed by atoms with Gasteiger partial charge in [-0.2, -0.15) is 0 Å². The van der Waals surface area contributed by atoms with Gasteiger partial charge in [0.05, 0.1) is 13.7 Å². The van der Waals surface area contributed by atoms with Gasteiger partial charge >= 0.3 is 0 Å². The molecular formula is C27H27FN4O2S. The molecule has 0 aliphatic heterocycles. The SMILES string of the molecule is COc1ccccc1CNC(=O)CCc1nnc(SCc2ccccc2F)n1Cc1ccccc1. The first-order valence-corrected chi connectivity index (χ1v) is 12.3. The average Bonchev–Trinajstić information content (AvgIpc) is 3.27. The number of carbonyl (C=O) groups excluding carboxylic acids is 1. The lowest BCUT2D eigenvalue weighted by atomic mass is 10.2. The third-order valence-corrected chi connectivity index (χ3v) is 6.55. The van der Waals surface area contributed by atoms with Crippen molar-refractivity contribution in [2.75, 3.05) is 7.11 Å². The number of halogens is 1. The van der Waals surface area contributed by atoms with Crippen LogP contribution in [-0.2, 0) is 30.1 Å². The van der Waals surface area contributed by atoms with Crippen LogP contribution in [0.5, 0.6) is 5.75 Å². The smallest absolute Gasteiger partial charge is 0.220 e. The van der Waals surface area contributed by atoms with Crippen LogP contribution in [0.3, 0.4) is 0 Å². The van der Waals surface area contributed by atoms with E-state index in [4.69, 9.17) is 4.74 Å². The molecule has 6 nitrogen and oxygen atoms in total. The molecule has 0 radical (unpaired) electrons. The lowest BCUT2D eigenvalue weighted by molar-refractivity contribution is -0.121. The summed E-state index contributed by atoms with van der Waals surface area (Å²) < 4.78 is 21.4. The third kappa shape index (κ3) is 6.70. The van der Waals surface area contributed by atoms with E-state index < -0.39 is 0 Å². The topological polar surface area (TPSA) is 69.0 Å². The lowest BCUT2D eigenvalue weighted by Crippen LogP contribution is -2.23. The highest BCUT2D eigenvalue weighted by atomic mass is 32.2. The fourth-order valence-electron chi connectivity index (χ4n) is 3.65. The van der Waals surface area contributed by atoms with Crippen molar-refractivity contribution in [3.8, 4) is 5.75 Å². The van der Waals surface area contributed by atoms with Crippen LogP contribution in [0, 0.1) is 5.82 Å². The van der Waals surface area contributed by atoms with E-state index in [2.05, 4.69) is 15.5 Å². The Kier molecular flexibility index (Phi) is 8.51. The zero-order valence-electron chi connectivity index (χ0n) is 19.5. The van der Waals surface area contributed by atoms with Gasteiger partial charge < -0.3 is 14.6 Å². The zero-order chi connectivity index (χ0) is 24.5. The van der Waals surface area contributed by atoms with Crippen LogP contribution < -0.4 is 10.1 Å². The number of rotatable bonds is 11. The monoisotopic (exact) mass is 490 g/mol. The molecule has 1 aromatic heterocycles. The molecule has 1 amide bonds. The summed E-state index contributed by atoms with van der Waals surface area (Å²) in [5.41, 5.74) is 2.63. The molecule has 0 fully saturated rings. The van der Waals surface area contributed by atoms with Gasteiger partial charge in [0.2, 0.25) is 5.91 Å². The zero-order valence-corrected chi connectivity index (χ0v) is 20.3. The number of amides is 1. The number of nitrogens with zero attached hydrogens (tertiary/aromatic N) is 3. The molecule has 0 saturated carbocycles. The number of thioether (sulfide) groups is 1. The first kappa shape index (κ1) is 24.5. The van der Waals surface area contributed by atoms with Crippen molar-refractivity contribution in [1.29, 1.82) is 0 Å². The molecule has 35 heavy (non-hydrogen) atoms. The van der Waals surface area contributed by atoms with Gasteiger partial charge in [0.25, 0.3) is 0 Å². The van der Waals surface area contributed by atoms with E-state index in [1.807, 2.05) is 65.2 Å². The van der Waals surface area contributed by atoms with Crippen molar-refractivity contribution in [2.45, 2.75) is 36.8 Å². The number of para-hydroxylation sites is 1. The standard InChI is InChI=1S/C27H27FN4O2S/c1-34-24-14-8-6-11-21(24)17-29-26(33)16-15-25-30-31-27(32(25)18-20-9-3-2-4-10-20)35-19-22-12-5-7-13-23(22)28/h2-14H,15-19H2,1H3,(H,29,33). The molecule has 0 aliphatic rings. The molecule has 0 unspecified atom stereocenters. The summed E-state index contributed by atoms with van der Waals surface area (Å²) in [6, 6.07) is 24.3. The van der Waals surface area contributed by atoms with Crippen LogP contribution >= 0.6 is 11.8 Å². The van der Waals surface area contributed by atoms with Crippen LogP contribution in [0.1, 0.15) is 28.9 Å². The fraction of sp³-hybridized carbons (Fsp3) is 0.222. The summed E-state index contributed by atoms with van der Waals surface area (Å²) in [6.45, 7) is 0.967. The van der Waals surface area contributed by atoms with E-state index in [1.165, 1.54) is 17.8 Å². The molecule has 4 aromatic rings. The van der Waals surface area contributed by atoms with Gasteiger partial charge in [0, 0.05) is 30.7 Å². The molecule has 0 saturated heterocycles. The largest absolute Gasteiger partial charge is 0.496 e. The number of hydrogen-bond acceptors (Lipinski definition) is 5. The van der Waals surface area contributed by atoms with Crippen molar-refractivity contribution in [3.63, 3.8) is 0 Å². The van der Waals surface area contributed by atoms with Gasteiger partial charge in [-0.15, -0.1) is 10.2 Å². The Morgan fingerprint density at radius 3 is 2.46 bits per heavy atom. The van der Waals surface area contributed by atoms with Gasteiger partial charge in [-0.25, -0.2) is 4.39 Å². The second kappa shape index (κ2) is 12.2. The van der Waals surface area contributed by atoms with Crippen molar-refractivity contribution in [1.82, 2.24) is 20.1 Å². The Morgan fingerprint density at radius 1 is 0.971 bits per heavy atom. The summed E-state index contributed by atoms with van der Waals surface area (Å²) in [7, 11) is 1.61. The Balaban J connectivity index is 1.43. The lowest BCUT2D eigenvalue weighted by Gasteiger charge is -2.11. The number of benzene rings is 3. The normalized spacial score (nSPS) is 10.8. The number of hydrogen-bond donors (Lipinski definition) is 1. The van der Waals surface area contributed by atoms with Crippen molar-refractivity contribution in [3.05, 3.63) is 107 Å². The number of nitrogens with one attached hydrogen (secondary N) is 1. The maximum absolute atomic E-state index is 14.1. The van der Waals surface area contributed by atoms with Crippen molar-refractivity contribution < 1.29 is 13.9 Å². The van der Waals surface area contributed by atoms with E-state index in [-0.39, 0.29) is 18.1 Å². The maximum atomic E-state index is 14.1. The summed E-state index contributed by atoms with van der Waals surface area (Å²) in [6.07, 6.45) is 0.720. The quantitative estimate of drug-likeness (QED) is 0.299. The molecule has 0 spiro atoms. The van der Waals surface area contributed by atoms with E-state index >= 15 is 0 Å². The highest BCUT2D eigenvalue weighted by Gasteiger charge is 2.16. The first-order valence-electron chi connectivity index (χ1n) is 11.3. The van der Waals surface area contributed by atoms with Crippen LogP contribution in [-0.4, -0.2) is 27.8 Å². The minimum atomic E-state index is -0.235. The second-order valence-corrected chi connectivity index (χ2v) is 8.88. The Hall–Kier alpha value is -3.65. The van der Waals surface area contributed by atoms with Crippen LogP contribution in [0.2, 0.25) is 0 Å². The molecule has 0 bridgehead atoms.